The first-order valence-corrected chi connectivity index (χ1v) is 30.4. The molecule has 29 nitrogen and oxygen atoms in total. The molecular weight excluding hydrogens is 1140 g/mol. The number of imidazole rings is 1. The van der Waals surface area contributed by atoms with E-state index in [9.17, 15) is 62.3 Å². The van der Waals surface area contributed by atoms with Crippen molar-refractivity contribution in [1.29, 1.82) is 0 Å². The molecule has 0 aromatic carbocycles. The number of unbranched alkanes of at least 4 members (excludes halogenated alkanes) is 1. The predicted molar refractivity (Wildman–Crippen MR) is 321 cm³/mol. The number of primary amides is 3. The van der Waals surface area contributed by atoms with Gasteiger partial charge in [-0.3, -0.25) is 62.3 Å². The van der Waals surface area contributed by atoms with Crippen LogP contribution < -0.4 is 70.8 Å². The molecule has 480 valence electrons. The number of likely N-dealkylation sites (tertiary alicyclic amines) is 1. The van der Waals surface area contributed by atoms with E-state index < -0.39 is 169 Å². The molecule has 0 spiro atoms. The van der Waals surface area contributed by atoms with Gasteiger partial charge in [0, 0.05) is 44.6 Å². The van der Waals surface area contributed by atoms with Crippen LogP contribution in [0.2, 0.25) is 0 Å². The zero-order valence-corrected chi connectivity index (χ0v) is 51.1. The highest BCUT2D eigenvalue weighted by molar-refractivity contribution is 7.98. The number of nitrogens with one attached hydrogen (secondary N) is 10. The maximum absolute atomic E-state index is 14.7. The summed E-state index contributed by atoms with van der Waals surface area (Å²) >= 11 is 1.47. The van der Waals surface area contributed by atoms with E-state index in [1.165, 1.54) is 48.3 Å². The highest BCUT2D eigenvalue weighted by Crippen LogP contribution is 2.22. The number of nitrogens with two attached hydrogens (primary N) is 4. The molecule has 86 heavy (non-hydrogen) atoms. The molecule has 2 rings (SSSR count). The van der Waals surface area contributed by atoms with Crippen LogP contribution in [0.25, 0.3) is 0 Å². The van der Waals surface area contributed by atoms with Gasteiger partial charge in [-0.2, -0.15) is 11.8 Å². The summed E-state index contributed by atoms with van der Waals surface area (Å²) in [6.45, 7) is 15.9. The van der Waals surface area contributed by atoms with E-state index >= 15 is 0 Å². The van der Waals surface area contributed by atoms with E-state index in [4.69, 9.17) is 22.9 Å². The molecule has 0 saturated carbocycles. The standard InChI is InChI=1S/C56H92N16O13S/c1-9-16-35(51(80)70-45(47(60)76)31(5)11-3)64-48(77)37(20-22-43(58)74)66-49(78)38(21-23-44(59)75)67-53(82)41(28-34-29-61-30-62-34)69-54(83)42-19-15-26-72(42)56(85)40(18-13-14-25-57)68-55(84)46(32(6)12-4)71-52(81)36(17-10-2)65-50(79)39(24-27-86-8)63-33(7)73/h9-10,29-32,35-42,45-46H,1-2,11-28,57H2,3-8H3,(H2,58,74)(H2,59,75)(H2,60,76)(H,61,62)(H,63,73)(H,64,77)(H,65,79)(H,66,78)(H,67,82)(H,68,84)(H,69,83)(H,70,80)(H,71,81)/t31-,32-,35-,36-,37-,38-,39-,40-,41-,42-,45-,46-/m0/s1. The van der Waals surface area contributed by atoms with Gasteiger partial charge in [0.25, 0.3) is 0 Å². The lowest BCUT2D eigenvalue weighted by atomic mass is 9.96. The number of thioether (sulfide) groups is 1. The molecule has 1 saturated heterocycles. The number of carbonyl (C=O) groups excluding carboxylic acids is 13. The van der Waals surface area contributed by atoms with Gasteiger partial charge in [0.15, 0.2) is 0 Å². The van der Waals surface area contributed by atoms with E-state index in [2.05, 4.69) is 71.0 Å². The van der Waals surface area contributed by atoms with Gasteiger partial charge in [0.1, 0.15) is 60.4 Å². The van der Waals surface area contributed by atoms with E-state index in [0.29, 0.717) is 43.6 Å². The minimum absolute atomic E-state index is 0.0284. The maximum Gasteiger partial charge on any atom is 0.245 e. The lowest BCUT2D eigenvalue weighted by molar-refractivity contribution is -0.143. The van der Waals surface area contributed by atoms with Crippen LogP contribution in [0.1, 0.15) is 130 Å². The average molecular weight is 1230 g/mol. The fourth-order valence-corrected chi connectivity index (χ4v) is 9.77. The summed E-state index contributed by atoms with van der Waals surface area (Å²) in [7, 11) is 0. The highest BCUT2D eigenvalue weighted by atomic mass is 32.2. The summed E-state index contributed by atoms with van der Waals surface area (Å²) in [5.41, 5.74) is 22.6. The first kappa shape index (κ1) is 74.2. The third kappa shape index (κ3) is 25.4. The number of hydrogen-bond donors (Lipinski definition) is 14. The van der Waals surface area contributed by atoms with Crippen LogP contribution in [0.4, 0.5) is 0 Å². The van der Waals surface area contributed by atoms with Gasteiger partial charge in [-0.15, -0.1) is 13.2 Å². The van der Waals surface area contributed by atoms with E-state index in [0.717, 1.165) is 0 Å². The Morgan fingerprint density at radius 1 is 0.640 bits per heavy atom. The fourth-order valence-electron chi connectivity index (χ4n) is 9.29. The third-order valence-electron chi connectivity index (χ3n) is 14.6. The van der Waals surface area contributed by atoms with Gasteiger partial charge >= 0.3 is 0 Å². The van der Waals surface area contributed by atoms with Gasteiger partial charge in [-0.25, -0.2) is 4.98 Å². The van der Waals surface area contributed by atoms with Crippen molar-refractivity contribution in [3.8, 4) is 0 Å². The number of aromatic nitrogens is 2. The van der Waals surface area contributed by atoms with Crippen molar-refractivity contribution < 1.29 is 62.3 Å². The van der Waals surface area contributed by atoms with Crippen molar-refractivity contribution in [3.63, 3.8) is 0 Å². The lowest BCUT2D eigenvalue weighted by Crippen LogP contribution is -2.61. The second kappa shape index (κ2) is 38.9. The van der Waals surface area contributed by atoms with Crippen molar-refractivity contribution in [2.24, 2.45) is 34.8 Å². The molecule has 1 aliphatic heterocycles. The number of H-pyrrole nitrogens is 1. The van der Waals surface area contributed by atoms with Crippen LogP contribution in [-0.2, 0) is 68.7 Å². The summed E-state index contributed by atoms with van der Waals surface area (Å²) in [6.07, 6.45) is 7.65. The minimum atomic E-state index is -1.63. The molecule has 2 heterocycles. The third-order valence-corrected chi connectivity index (χ3v) is 15.3. The number of rotatable bonds is 42. The molecule has 0 radical (unpaired) electrons. The van der Waals surface area contributed by atoms with Crippen LogP contribution in [0, 0.1) is 11.8 Å². The first-order valence-electron chi connectivity index (χ1n) is 29.0. The number of aromatic amines is 1. The zero-order valence-electron chi connectivity index (χ0n) is 50.3. The molecule has 1 aliphatic rings. The second-order valence-corrected chi connectivity index (χ2v) is 22.3. The van der Waals surface area contributed by atoms with Crippen molar-refractivity contribution in [2.75, 3.05) is 25.1 Å². The maximum atomic E-state index is 14.7. The molecule has 0 unspecified atom stereocenters. The molecule has 1 aromatic heterocycles. The van der Waals surface area contributed by atoms with E-state index in [1.807, 2.05) is 6.26 Å². The Labute approximate surface area is 506 Å². The van der Waals surface area contributed by atoms with Crippen LogP contribution in [-0.4, -0.2) is 177 Å². The molecule has 13 amide bonds. The fraction of sp³-hybridized carbons (Fsp3) is 0.643. The Bertz CT molecular complexity index is 2500. The van der Waals surface area contributed by atoms with Crippen molar-refractivity contribution in [1.82, 2.24) is 62.7 Å². The van der Waals surface area contributed by atoms with E-state index in [1.54, 1.807) is 27.7 Å². The molecule has 0 aliphatic carbocycles. The summed E-state index contributed by atoms with van der Waals surface area (Å²) in [6, 6.07) is -12.9. The summed E-state index contributed by atoms with van der Waals surface area (Å²) < 4.78 is 0. The zero-order chi connectivity index (χ0) is 64.6. The molecule has 18 N–H and O–H groups in total. The number of nitrogens with zero attached hydrogens (tertiary/aromatic N) is 2. The topological polar surface area (TPSA) is 466 Å². The van der Waals surface area contributed by atoms with Crippen molar-refractivity contribution in [3.05, 3.63) is 43.5 Å². The van der Waals surface area contributed by atoms with Crippen molar-refractivity contribution >= 4 is 88.6 Å². The Hall–Kier alpha value is -7.89. The van der Waals surface area contributed by atoms with Crippen molar-refractivity contribution in [2.45, 2.75) is 191 Å². The largest absolute Gasteiger partial charge is 0.370 e. The number of amides is 13. The highest BCUT2D eigenvalue weighted by Gasteiger charge is 2.41. The SMILES string of the molecule is C=CC[C@H](NC(=O)[C@H](CCC(N)=O)NC(=O)[C@H](CCC(N)=O)NC(=O)[C@H](Cc1cnc[nH]1)NC(=O)[C@@H]1CCCN1C(=O)[C@H](CCCCN)NC(=O)[C@@H](NC(=O)[C@H](CC=C)NC(=O)[C@H](CCSC)NC(C)=O)[C@@H](C)CC)C(=O)N[C@H](C(N)=O)[C@@H](C)CC. The Kier molecular flexibility index (Phi) is 33.6. The van der Waals surface area contributed by atoms with Crippen LogP contribution >= 0.6 is 11.8 Å². The second-order valence-electron chi connectivity index (χ2n) is 21.4. The molecule has 1 aromatic rings. The van der Waals surface area contributed by atoms with Gasteiger partial charge < -0.3 is 80.7 Å². The van der Waals surface area contributed by atoms with Crippen LogP contribution in [0.5, 0.6) is 0 Å². The predicted octanol–water partition coefficient (Wildman–Crippen LogP) is -2.53. The molecule has 12 atom stereocenters. The van der Waals surface area contributed by atoms with Gasteiger partial charge in [-0.05, 0) is 94.6 Å². The van der Waals surface area contributed by atoms with Gasteiger partial charge in [0.05, 0.1) is 6.33 Å². The molecule has 1 fully saturated rings. The molecule has 0 bridgehead atoms. The summed E-state index contributed by atoms with van der Waals surface area (Å²) in [5.74, 6) is -10.6. The monoisotopic (exact) mass is 1230 g/mol. The number of hydrogen-bond acceptors (Lipinski definition) is 16. The average Bonchev–Trinajstić information content (AvgIpc) is 2.86. The van der Waals surface area contributed by atoms with Gasteiger partial charge in [-0.1, -0.05) is 52.7 Å². The summed E-state index contributed by atoms with van der Waals surface area (Å²) in [5, 5.41) is 23.6. The normalized spacial score (nSPS) is 16.6. The van der Waals surface area contributed by atoms with Gasteiger partial charge in [0.2, 0.25) is 76.8 Å². The van der Waals surface area contributed by atoms with Crippen LogP contribution in [0.15, 0.2) is 37.8 Å². The Morgan fingerprint density at radius 3 is 1.57 bits per heavy atom. The van der Waals surface area contributed by atoms with E-state index in [-0.39, 0.29) is 57.5 Å². The minimum Gasteiger partial charge on any atom is -0.370 e. The quantitative estimate of drug-likeness (QED) is 0.0237. The first-order chi connectivity index (χ1) is 40.8. The number of carbonyl (C=O) groups is 13. The Morgan fingerprint density at radius 2 is 1.12 bits per heavy atom. The molecular formula is C56H92N16O13S. The lowest BCUT2D eigenvalue weighted by Gasteiger charge is -2.32. The smallest absolute Gasteiger partial charge is 0.245 e. The summed E-state index contributed by atoms with van der Waals surface area (Å²) in [4.78, 5) is 183. The Balaban J connectivity index is 2.49. The van der Waals surface area contributed by atoms with Crippen LogP contribution in [0.3, 0.4) is 0 Å². The molecule has 30 heteroatoms.